The van der Waals surface area contributed by atoms with Crippen LogP contribution in [0, 0.1) is 18.2 Å². The van der Waals surface area contributed by atoms with Gasteiger partial charge in [0.1, 0.15) is 12.4 Å². The Morgan fingerprint density at radius 1 is 1.26 bits per heavy atom. The molecule has 27 heavy (non-hydrogen) atoms. The molecular formula is C20H15FN2O3S. The van der Waals surface area contributed by atoms with E-state index in [0.29, 0.717) is 27.3 Å². The molecule has 1 aliphatic heterocycles. The Balaban J connectivity index is 1.80. The lowest BCUT2D eigenvalue weighted by molar-refractivity contribution is -0.115. The lowest BCUT2D eigenvalue weighted by Crippen LogP contribution is -2.19. The van der Waals surface area contributed by atoms with E-state index in [-0.39, 0.29) is 18.3 Å². The van der Waals surface area contributed by atoms with Crippen LogP contribution in [-0.2, 0) is 4.79 Å². The maximum atomic E-state index is 13.0. The molecule has 2 aromatic carbocycles. The molecule has 3 rings (SSSR count). The van der Waals surface area contributed by atoms with Crippen molar-refractivity contribution in [2.75, 3.05) is 13.7 Å². The number of aliphatic imine (C=N–C) groups is 1. The number of amidine groups is 1. The first-order valence-electron chi connectivity index (χ1n) is 7.88. The van der Waals surface area contributed by atoms with Crippen molar-refractivity contribution in [1.29, 1.82) is 0 Å². The number of benzene rings is 2. The average molecular weight is 382 g/mol. The minimum atomic E-state index is -0.341. The number of rotatable bonds is 5. The molecule has 1 heterocycles. The van der Waals surface area contributed by atoms with E-state index in [2.05, 4.69) is 16.2 Å². The Kier molecular flexibility index (Phi) is 5.79. The number of nitrogens with zero attached hydrogens (tertiary/aromatic N) is 1. The zero-order valence-electron chi connectivity index (χ0n) is 14.4. The molecule has 0 spiro atoms. The lowest BCUT2D eigenvalue weighted by Gasteiger charge is -2.09. The van der Waals surface area contributed by atoms with Crippen LogP contribution in [0.1, 0.15) is 5.56 Å². The van der Waals surface area contributed by atoms with Crippen LogP contribution >= 0.6 is 11.8 Å². The minimum Gasteiger partial charge on any atom is -0.493 e. The van der Waals surface area contributed by atoms with Gasteiger partial charge >= 0.3 is 0 Å². The Morgan fingerprint density at radius 2 is 2.04 bits per heavy atom. The summed E-state index contributed by atoms with van der Waals surface area (Å²) in [6.45, 7) is 0.137. The van der Waals surface area contributed by atoms with Gasteiger partial charge in [-0.1, -0.05) is 12.0 Å². The fraction of sp³-hybridized carbons (Fsp3) is 0.100. The predicted molar refractivity (Wildman–Crippen MR) is 105 cm³/mol. The van der Waals surface area contributed by atoms with Gasteiger partial charge in [0.15, 0.2) is 16.7 Å². The summed E-state index contributed by atoms with van der Waals surface area (Å²) in [5.74, 6) is 2.84. The van der Waals surface area contributed by atoms with Crippen molar-refractivity contribution in [3.63, 3.8) is 0 Å². The Labute approximate surface area is 160 Å². The van der Waals surface area contributed by atoms with Crippen molar-refractivity contribution in [1.82, 2.24) is 5.32 Å². The highest BCUT2D eigenvalue weighted by Crippen LogP contribution is 2.32. The molecule has 1 amide bonds. The number of carbonyl (C=O) groups excluding carboxylic acids is 1. The first-order valence-corrected chi connectivity index (χ1v) is 8.70. The van der Waals surface area contributed by atoms with Crippen molar-refractivity contribution < 1.29 is 18.7 Å². The van der Waals surface area contributed by atoms with Gasteiger partial charge in [-0.15, -0.1) is 6.42 Å². The first-order chi connectivity index (χ1) is 13.1. The summed E-state index contributed by atoms with van der Waals surface area (Å²) in [6.07, 6.45) is 6.92. The number of methoxy groups -OCH3 is 1. The third-order valence-electron chi connectivity index (χ3n) is 3.50. The molecule has 0 unspecified atom stereocenters. The van der Waals surface area contributed by atoms with Crippen LogP contribution in [0.4, 0.5) is 10.1 Å². The van der Waals surface area contributed by atoms with Crippen LogP contribution < -0.4 is 14.8 Å². The summed E-state index contributed by atoms with van der Waals surface area (Å²) < 4.78 is 23.7. The Hall–Kier alpha value is -3.24. The predicted octanol–water partition coefficient (Wildman–Crippen LogP) is 3.74. The second-order valence-electron chi connectivity index (χ2n) is 5.36. The van der Waals surface area contributed by atoms with E-state index in [1.807, 2.05) is 0 Å². The third-order valence-corrected chi connectivity index (χ3v) is 4.41. The highest BCUT2D eigenvalue weighted by Gasteiger charge is 2.24. The van der Waals surface area contributed by atoms with Crippen LogP contribution in [0.2, 0.25) is 0 Å². The fourth-order valence-corrected chi connectivity index (χ4v) is 3.12. The summed E-state index contributed by atoms with van der Waals surface area (Å²) in [6, 6.07) is 11.0. The molecule has 1 N–H and O–H groups in total. The number of amides is 1. The molecule has 0 aromatic heterocycles. The van der Waals surface area contributed by atoms with Crippen molar-refractivity contribution in [2.45, 2.75) is 0 Å². The van der Waals surface area contributed by atoms with Gasteiger partial charge in [-0.25, -0.2) is 9.38 Å². The smallest absolute Gasteiger partial charge is 0.264 e. The highest BCUT2D eigenvalue weighted by atomic mass is 32.2. The second kappa shape index (κ2) is 8.43. The standard InChI is InChI=1S/C20H15FN2O3S/c1-3-10-26-16-9-4-13(11-17(16)25-2)12-18-19(24)23-20(27-18)22-15-7-5-14(21)6-8-15/h1,4-9,11-12H,10H2,2H3,(H,22,23,24). The minimum absolute atomic E-state index is 0.137. The molecule has 5 nitrogen and oxygen atoms in total. The maximum absolute atomic E-state index is 13.0. The van der Waals surface area contributed by atoms with Crippen molar-refractivity contribution in [2.24, 2.45) is 4.99 Å². The van der Waals surface area contributed by atoms with Gasteiger partial charge in [-0.3, -0.25) is 4.79 Å². The Bertz CT molecular complexity index is 962. The van der Waals surface area contributed by atoms with Gasteiger partial charge in [0, 0.05) is 0 Å². The molecule has 1 saturated heterocycles. The van der Waals surface area contributed by atoms with Gasteiger partial charge in [0.2, 0.25) is 0 Å². The van der Waals surface area contributed by atoms with Gasteiger partial charge in [0.05, 0.1) is 17.7 Å². The number of hydrogen-bond acceptors (Lipinski definition) is 5. The lowest BCUT2D eigenvalue weighted by atomic mass is 10.2. The van der Waals surface area contributed by atoms with E-state index in [1.165, 1.54) is 43.1 Å². The average Bonchev–Trinajstić information content (AvgIpc) is 3.01. The number of carbonyl (C=O) groups is 1. The molecule has 0 aliphatic carbocycles. The summed E-state index contributed by atoms with van der Waals surface area (Å²) in [5, 5.41) is 3.12. The number of thioether (sulfide) groups is 1. The van der Waals surface area contributed by atoms with E-state index in [4.69, 9.17) is 15.9 Å². The molecular weight excluding hydrogens is 367 g/mol. The summed E-state index contributed by atoms with van der Waals surface area (Å²) in [7, 11) is 1.53. The zero-order valence-corrected chi connectivity index (χ0v) is 15.2. The summed E-state index contributed by atoms with van der Waals surface area (Å²) >= 11 is 1.20. The van der Waals surface area contributed by atoms with E-state index in [9.17, 15) is 9.18 Å². The van der Waals surface area contributed by atoms with Gasteiger partial charge < -0.3 is 14.8 Å². The van der Waals surface area contributed by atoms with E-state index in [1.54, 1.807) is 24.3 Å². The number of hydrogen-bond donors (Lipinski definition) is 1. The van der Waals surface area contributed by atoms with Gasteiger partial charge in [-0.05, 0) is 59.8 Å². The largest absolute Gasteiger partial charge is 0.493 e. The van der Waals surface area contributed by atoms with Gasteiger partial charge in [0.25, 0.3) is 5.91 Å². The molecule has 0 saturated carbocycles. The molecule has 7 heteroatoms. The molecule has 0 atom stereocenters. The Morgan fingerprint density at radius 3 is 2.74 bits per heavy atom. The highest BCUT2D eigenvalue weighted by molar-refractivity contribution is 8.18. The van der Waals surface area contributed by atoms with E-state index < -0.39 is 0 Å². The third kappa shape index (κ3) is 4.68. The SMILES string of the molecule is C#CCOc1ccc(C=C2SC(=Nc3ccc(F)cc3)NC2=O)cc1OC. The van der Waals surface area contributed by atoms with Crippen LogP contribution in [0.3, 0.4) is 0 Å². The summed E-state index contributed by atoms with van der Waals surface area (Å²) in [4.78, 5) is 17.0. The number of halogens is 1. The summed E-state index contributed by atoms with van der Waals surface area (Å²) in [5.41, 5.74) is 1.32. The fourth-order valence-electron chi connectivity index (χ4n) is 2.28. The number of terminal acetylenes is 1. The second-order valence-corrected chi connectivity index (χ2v) is 6.39. The van der Waals surface area contributed by atoms with Crippen LogP contribution in [0.5, 0.6) is 11.5 Å². The van der Waals surface area contributed by atoms with E-state index >= 15 is 0 Å². The monoisotopic (exact) mass is 382 g/mol. The number of nitrogens with one attached hydrogen (secondary N) is 1. The molecule has 1 aliphatic rings. The molecule has 0 bridgehead atoms. The molecule has 1 fully saturated rings. The topological polar surface area (TPSA) is 59.9 Å². The van der Waals surface area contributed by atoms with E-state index in [0.717, 1.165) is 5.56 Å². The van der Waals surface area contributed by atoms with Crippen molar-refractivity contribution >= 4 is 34.6 Å². The maximum Gasteiger partial charge on any atom is 0.264 e. The molecule has 0 radical (unpaired) electrons. The zero-order chi connectivity index (χ0) is 19.2. The van der Waals surface area contributed by atoms with Crippen LogP contribution in [0.25, 0.3) is 6.08 Å². The first kappa shape index (κ1) is 18.5. The van der Waals surface area contributed by atoms with Crippen LogP contribution in [0.15, 0.2) is 52.4 Å². The van der Waals surface area contributed by atoms with Crippen molar-refractivity contribution in [3.05, 3.63) is 58.8 Å². The number of ether oxygens (including phenoxy) is 2. The van der Waals surface area contributed by atoms with Gasteiger partial charge in [-0.2, -0.15) is 0 Å². The quantitative estimate of drug-likeness (QED) is 0.632. The van der Waals surface area contributed by atoms with Crippen molar-refractivity contribution in [3.8, 4) is 23.8 Å². The molecule has 136 valence electrons. The van der Waals surface area contributed by atoms with Crippen LogP contribution in [-0.4, -0.2) is 24.8 Å². The molecule has 2 aromatic rings. The normalized spacial score (nSPS) is 16.3.